The Labute approximate surface area is 191 Å². The number of piperidine rings is 1. The van der Waals surface area contributed by atoms with Gasteiger partial charge in [-0.3, -0.25) is 4.79 Å². The van der Waals surface area contributed by atoms with Crippen LogP contribution in [0.5, 0.6) is 0 Å². The monoisotopic (exact) mass is 468 g/mol. The zero-order valence-corrected chi connectivity index (χ0v) is 20.1. The van der Waals surface area contributed by atoms with E-state index in [2.05, 4.69) is 30.1 Å². The second-order valence-corrected chi connectivity index (χ2v) is 9.02. The predicted molar refractivity (Wildman–Crippen MR) is 121 cm³/mol. The number of ether oxygens (including phenoxy) is 1. The second kappa shape index (κ2) is 9.97. The van der Waals surface area contributed by atoms with Crippen molar-refractivity contribution in [2.45, 2.75) is 45.7 Å². The summed E-state index contributed by atoms with van der Waals surface area (Å²) in [6.45, 7) is 7.28. The van der Waals surface area contributed by atoms with Gasteiger partial charge in [0, 0.05) is 25.2 Å². The summed E-state index contributed by atoms with van der Waals surface area (Å²) in [6.07, 6.45) is 1.41. The topological polar surface area (TPSA) is 103 Å². The highest BCUT2D eigenvalue weighted by molar-refractivity contribution is 7.17. The quantitative estimate of drug-likeness (QED) is 0.601. The van der Waals surface area contributed by atoms with Gasteiger partial charge in [0.25, 0.3) is 5.91 Å². The van der Waals surface area contributed by atoms with Crippen molar-refractivity contribution in [2.24, 2.45) is 0 Å². The van der Waals surface area contributed by atoms with Crippen LogP contribution in [0, 0.1) is 6.92 Å². The molecule has 0 saturated carbocycles. The molecule has 0 bridgehead atoms. The van der Waals surface area contributed by atoms with Crippen molar-refractivity contribution in [3.05, 3.63) is 27.2 Å². The summed E-state index contributed by atoms with van der Waals surface area (Å²) >= 11 is 7.43. The molecule has 0 unspecified atom stereocenters. The third kappa shape index (κ3) is 5.19. The van der Waals surface area contributed by atoms with E-state index in [4.69, 9.17) is 16.3 Å². The first-order chi connectivity index (χ1) is 14.7. The summed E-state index contributed by atoms with van der Waals surface area (Å²) < 4.78 is 5.13. The van der Waals surface area contributed by atoms with E-state index in [1.807, 2.05) is 27.9 Å². The lowest BCUT2D eigenvalue weighted by atomic mass is 9.98. The van der Waals surface area contributed by atoms with Crippen molar-refractivity contribution in [1.29, 1.82) is 0 Å². The number of anilines is 1. The molecule has 0 spiro atoms. The van der Waals surface area contributed by atoms with E-state index in [0.717, 1.165) is 17.2 Å². The Balaban J connectivity index is 1.71. The molecule has 2 aromatic heterocycles. The third-order valence-electron chi connectivity index (χ3n) is 5.38. The lowest BCUT2D eigenvalue weighted by Crippen LogP contribution is -2.59. The van der Waals surface area contributed by atoms with Gasteiger partial charge in [-0.05, 0) is 40.8 Å². The fourth-order valence-electron chi connectivity index (χ4n) is 3.67. The minimum atomic E-state index is -0.335. The Morgan fingerprint density at radius 3 is 2.71 bits per heavy atom. The number of H-pyrrole nitrogens is 1. The molecule has 1 fully saturated rings. The number of carbonyl (C=O) groups is 2. The molecular weight excluding hydrogens is 440 g/mol. The summed E-state index contributed by atoms with van der Waals surface area (Å²) in [5.41, 5.74) is 1.43. The number of hydrogen-bond donors (Lipinski definition) is 2. The third-order valence-corrected chi connectivity index (χ3v) is 6.89. The van der Waals surface area contributed by atoms with Crippen molar-refractivity contribution in [1.82, 2.24) is 25.2 Å². The van der Waals surface area contributed by atoms with Crippen LogP contribution in [0.25, 0.3) is 0 Å². The van der Waals surface area contributed by atoms with E-state index in [0.29, 0.717) is 41.8 Å². The number of imidazole rings is 1. The van der Waals surface area contributed by atoms with Gasteiger partial charge in [0.05, 0.1) is 18.0 Å². The lowest BCUT2D eigenvalue weighted by Gasteiger charge is -2.41. The van der Waals surface area contributed by atoms with E-state index >= 15 is 0 Å². The normalized spacial score (nSPS) is 19.0. The van der Waals surface area contributed by atoms with Crippen LogP contribution in [-0.4, -0.2) is 77.6 Å². The summed E-state index contributed by atoms with van der Waals surface area (Å²) in [5.74, 6) is -0.364. The van der Waals surface area contributed by atoms with E-state index in [1.165, 1.54) is 11.3 Å². The number of carbonyl (C=O) groups excluding carboxylic acids is 2. The SMILES string of the molecule is CCOC(=O)c1sc(N2CC[C@@H](NC(=O)c3nc(Cl)c(CC)[nH]3)[C@H](N(C)C)C2)nc1C. The maximum Gasteiger partial charge on any atom is 0.350 e. The van der Waals surface area contributed by atoms with E-state index in [1.54, 1.807) is 6.92 Å². The average Bonchev–Trinajstić information content (AvgIpc) is 3.30. The molecule has 3 rings (SSSR count). The molecule has 1 saturated heterocycles. The van der Waals surface area contributed by atoms with Crippen LogP contribution >= 0.6 is 22.9 Å². The number of thiazole rings is 1. The molecule has 11 heteroatoms. The van der Waals surface area contributed by atoms with Gasteiger partial charge in [-0.2, -0.15) is 0 Å². The zero-order valence-electron chi connectivity index (χ0n) is 18.5. The fraction of sp³-hybridized carbons (Fsp3) is 0.600. The number of aryl methyl sites for hydroxylation is 2. The highest BCUT2D eigenvalue weighted by atomic mass is 35.5. The molecule has 0 aromatic carbocycles. The molecule has 2 aromatic rings. The Bertz CT molecular complexity index is 943. The molecule has 2 atom stereocenters. The molecule has 9 nitrogen and oxygen atoms in total. The largest absolute Gasteiger partial charge is 0.462 e. The van der Waals surface area contributed by atoms with Crippen molar-refractivity contribution >= 4 is 39.9 Å². The molecule has 1 amide bonds. The van der Waals surface area contributed by atoms with Crippen molar-refractivity contribution in [3.63, 3.8) is 0 Å². The summed E-state index contributed by atoms with van der Waals surface area (Å²) in [5, 5.41) is 4.23. The molecule has 170 valence electrons. The molecule has 1 aliphatic heterocycles. The molecule has 2 N–H and O–H groups in total. The summed E-state index contributed by atoms with van der Waals surface area (Å²) in [6, 6.07) is 0.00215. The van der Waals surface area contributed by atoms with Crippen LogP contribution in [0.15, 0.2) is 0 Å². The number of amides is 1. The van der Waals surface area contributed by atoms with Crippen LogP contribution in [-0.2, 0) is 11.2 Å². The molecule has 0 aliphatic carbocycles. The van der Waals surface area contributed by atoms with Gasteiger partial charge >= 0.3 is 5.97 Å². The van der Waals surface area contributed by atoms with Gasteiger partial charge in [-0.1, -0.05) is 29.9 Å². The minimum Gasteiger partial charge on any atom is -0.462 e. The molecular formula is C20H29ClN6O3S. The minimum absolute atomic E-state index is 0.0571. The van der Waals surface area contributed by atoms with Gasteiger partial charge in [0.1, 0.15) is 4.88 Å². The van der Waals surface area contributed by atoms with Gasteiger partial charge < -0.3 is 24.8 Å². The van der Waals surface area contributed by atoms with Crippen LogP contribution < -0.4 is 10.2 Å². The number of nitrogens with zero attached hydrogens (tertiary/aromatic N) is 4. The van der Waals surface area contributed by atoms with E-state index in [-0.39, 0.29) is 29.8 Å². The number of rotatable bonds is 7. The Morgan fingerprint density at radius 2 is 2.10 bits per heavy atom. The van der Waals surface area contributed by atoms with Crippen molar-refractivity contribution in [3.8, 4) is 0 Å². The summed E-state index contributed by atoms with van der Waals surface area (Å²) in [4.78, 5) is 41.4. The van der Waals surface area contributed by atoms with Crippen LogP contribution in [0.2, 0.25) is 5.15 Å². The highest BCUT2D eigenvalue weighted by Gasteiger charge is 2.34. The molecule has 1 aliphatic rings. The maximum atomic E-state index is 12.7. The van der Waals surface area contributed by atoms with E-state index in [9.17, 15) is 9.59 Å². The first-order valence-electron chi connectivity index (χ1n) is 10.4. The first-order valence-corrected chi connectivity index (χ1v) is 11.6. The first kappa shape index (κ1) is 23.5. The number of aromatic amines is 1. The lowest BCUT2D eigenvalue weighted by molar-refractivity contribution is 0.0531. The zero-order chi connectivity index (χ0) is 22.7. The van der Waals surface area contributed by atoms with Crippen molar-refractivity contribution in [2.75, 3.05) is 38.7 Å². The Hall–Kier alpha value is -2.17. The summed E-state index contributed by atoms with van der Waals surface area (Å²) in [7, 11) is 3.98. The van der Waals surface area contributed by atoms with Crippen LogP contribution in [0.1, 0.15) is 51.9 Å². The van der Waals surface area contributed by atoms with Crippen molar-refractivity contribution < 1.29 is 14.3 Å². The Kier molecular flexibility index (Phi) is 7.55. The fourth-order valence-corrected chi connectivity index (χ4v) is 4.93. The van der Waals surface area contributed by atoms with Gasteiger partial charge in [-0.15, -0.1) is 0 Å². The number of likely N-dealkylation sites (N-methyl/N-ethyl adjacent to an activating group) is 1. The molecule has 31 heavy (non-hydrogen) atoms. The van der Waals surface area contributed by atoms with Gasteiger partial charge in [-0.25, -0.2) is 14.8 Å². The number of nitrogens with one attached hydrogen (secondary N) is 2. The predicted octanol–water partition coefficient (Wildman–Crippen LogP) is 2.51. The number of halogens is 1. The number of esters is 1. The second-order valence-electron chi connectivity index (χ2n) is 7.69. The molecule has 3 heterocycles. The van der Waals surface area contributed by atoms with Gasteiger partial charge in [0.2, 0.25) is 0 Å². The standard InChI is InChI=1S/C20H29ClN6O3S/c1-6-12-16(21)25-17(23-12)18(28)24-13-8-9-27(10-14(13)26(4)5)20-22-11(3)15(31-20)19(29)30-7-2/h13-14H,6-10H2,1-5H3,(H,23,25)(H,24,28)/t13-,14-/m1/s1. The number of aromatic nitrogens is 3. The van der Waals surface area contributed by atoms with E-state index < -0.39 is 0 Å². The average molecular weight is 469 g/mol. The molecule has 0 radical (unpaired) electrons. The Morgan fingerprint density at radius 1 is 1.35 bits per heavy atom. The van der Waals surface area contributed by atoms with Crippen LogP contribution in [0.4, 0.5) is 5.13 Å². The highest BCUT2D eigenvalue weighted by Crippen LogP contribution is 2.30. The smallest absolute Gasteiger partial charge is 0.350 e. The maximum absolute atomic E-state index is 12.7. The van der Waals surface area contributed by atoms with Gasteiger partial charge in [0.15, 0.2) is 16.1 Å². The van der Waals surface area contributed by atoms with Crippen LogP contribution in [0.3, 0.4) is 0 Å². The number of hydrogen-bond acceptors (Lipinski definition) is 8.